The van der Waals surface area contributed by atoms with Crippen LogP contribution in [0.1, 0.15) is 6.92 Å². The Morgan fingerprint density at radius 2 is 1.22 bits per heavy atom. The highest BCUT2D eigenvalue weighted by Gasteiger charge is 2.23. The van der Waals surface area contributed by atoms with Gasteiger partial charge in [-0.15, -0.1) is 34.0 Å². The average molecular weight is 901 g/mol. The molecule has 266 valence electrons. The first-order chi connectivity index (χ1) is 24.1. The topological polar surface area (TPSA) is 121 Å². The van der Waals surface area contributed by atoms with Crippen molar-refractivity contribution in [1.29, 1.82) is 0 Å². The number of carbonyl (C=O) groups is 1. The molecule has 3 N–H and O–H groups in total. The summed E-state index contributed by atoms with van der Waals surface area (Å²) in [6, 6.07) is 21.5. The lowest BCUT2D eigenvalue weighted by molar-refractivity contribution is -0.114. The van der Waals surface area contributed by atoms with Crippen LogP contribution in [-0.4, -0.2) is 22.7 Å². The van der Waals surface area contributed by atoms with Crippen molar-refractivity contribution in [3.05, 3.63) is 119 Å². The van der Waals surface area contributed by atoms with E-state index in [2.05, 4.69) is 14.8 Å². The number of carbonyl (C=O) groups excluding carboxylic acids is 1. The number of hydrogen-bond acceptors (Lipinski definition) is 8. The van der Waals surface area contributed by atoms with Gasteiger partial charge in [0.05, 0.1) is 41.2 Å². The van der Waals surface area contributed by atoms with Crippen LogP contribution in [0.25, 0.3) is 20.9 Å². The minimum absolute atomic E-state index is 0.0293. The second kappa shape index (κ2) is 16.6. The first kappa shape index (κ1) is 39.7. The number of amides is 1. The molecule has 51 heavy (non-hydrogen) atoms. The van der Waals surface area contributed by atoms with Crippen LogP contribution in [0.15, 0.2) is 98.7 Å². The molecule has 3 aromatic carbocycles. The van der Waals surface area contributed by atoms with Crippen molar-refractivity contribution in [1.82, 2.24) is 0 Å². The second-order valence-corrected chi connectivity index (χ2v) is 19.2. The van der Waals surface area contributed by atoms with Gasteiger partial charge < -0.3 is 5.32 Å². The lowest BCUT2D eigenvalue weighted by Gasteiger charge is -2.12. The zero-order valence-electron chi connectivity index (χ0n) is 25.5. The number of sulfonamides is 2. The van der Waals surface area contributed by atoms with Crippen LogP contribution in [0.4, 0.5) is 17.1 Å². The van der Waals surface area contributed by atoms with Crippen LogP contribution in [0, 0.1) is 0 Å². The van der Waals surface area contributed by atoms with Gasteiger partial charge in [-0.25, -0.2) is 16.8 Å². The van der Waals surface area contributed by atoms with Crippen LogP contribution in [0.3, 0.4) is 0 Å². The summed E-state index contributed by atoms with van der Waals surface area (Å²) in [6.45, 7) is 1.42. The third-order valence-corrected chi connectivity index (χ3v) is 15.1. The summed E-state index contributed by atoms with van der Waals surface area (Å²) in [5.74, 6) is -0.171. The van der Waals surface area contributed by atoms with Crippen LogP contribution in [0.5, 0.6) is 0 Å². The summed E-state index contributed by atoms with van der Waals surface area (Å²) in [7, 11) is -7.75. The van der Waals surface area contributed by atoms with Crippen LogP contribution in [-0.2, 0) is 24.8 Å². The van der Waals surface area contributed by atoms with Crippen molar-refractivity contribution in [2.75, 3.05) is 14.8 Å². The highest BCUT2D eigenvalue weighted by Crippen LogP contribution is 2.41. The molecule has 0 aliphatic rings. The molecule has 8 nitrogen and oxygen atoms in total. The number of rotatable bonds is 9. The van der Waals surface area contributed by atoms with E-state index in [-0.39, 0.29) is 39.4 Å². The first-order valence-corrected chi connectivity index (χ1v) is 21.8. The van der Waals surface area contributed by atoms with Crippen LogP contribution < -0.4 is 14.8 Å². The van der Waals surface area contributed by atoms with Gasteiger partial charge in [-0.05, 0) is 64.9 Å². The normalized spacial score (nSPS) is 11.4. The van der Waals surface area contributed by atoms with Gasteiger partial charge in [0.2, 0.25) is 5.91 Å². The lowest BCUT2D eigenvalue weighted by Crippen LogP contribution is -2.13. The van der Waals surface area contributed by atoms with Crippen LogP contribution >= 0.6 is 104 Å². The number of halogens is 6. The standard InChI is InChI=1S/C18H13Cl3N2O3S2.C14H8Cl3NO2S3/c1-10(24)22-12-4-2-11(3-5-12)18-16(6-7-27-18)23-28(25,26)17-9-14(20)13(19)8-15(17)21;15-9-4-2-1-3-8(9)13-11(5-6-21-13)18-23(19,20)12-7-10(16)14(17)22-12/h2-9,23H,1H3,(H,22,24);1-7,18H. The van der Waals surface area contributed by atoms with Crippen molar-refractivity contribution in [3.63, 3.8) is 0 Å². The maximum Gasteiger partial charge on any atom is 0.271 e. The largest absolute Gasteiger partial charge is 0.326 e. The van der Waals surface area contributed by atoms with E-state index in [0.717, 1.165) is 27.3 Å². The second-order valence-electron chi connectivity index (χ2n) is 10.2. The molecule has 1 amide bonds. The summed E-state index contributed by atoms with van der Waals surface area (Å²) in [6.07, 6.45) is 0. The van der Waals surface area contributed by atoms with Crippen molar-refractivity contribution in [2.45, 2.75) is 16.0 Å². The van der Waals surface area contributed by atoms with Gasteiger partial charge in [0.1, 0.15) is 13.4 Å². The number of anilines is 3. The quantitative estimate of drug-likeness (QED) is 0.125. The Hall–Kier alpha value is -2.53. The van der Waals surface area contributed by atoms with Crippen molar-refractivity contribution >= 4 is 147 Å². The van der Waals surface area contributed by atoms with Crippen molar-refractivity contribution < 1.29 is 21.6 Å². The van der Waals surface area contributed by atoms with E-state index < -0.39 is 20.0 Å². The van der Waals surface area contributed by atoms with Crippen LogP contribution in [0.2, 0.25) is 29.4 Å². The van der Waals surface area contributed by atoms with E-state index in [9.17, 15) is 21.6 Å². The number of nitrogens with one attached hydrogen (secondary N) is 3. The fraction of sp³-hybridized carbons (Fsp3) is 0.0312. The van der Waals surface area contributed by atoms with Gasteiger partial charge in [0.25, 0.3) is 20.0 Å². The van der Waals surface area contributed by atoms with Crippen molar-refractivity contribution in [3.8, 4) is 20.9 Å². The molecule has 0 aliphatic heterocycles. The Bertz CT molecular complexity index is 2430. The molecule has 3 aromatic heterocycles. The summed E-state index contributed by atoms with van der Waals surface area (Å²) in [4.78, 5) is 12.4. The fourth-order valence-corrected chi connectivity index (χ4v) is 11.5. The van der Waals surface area contributed by atoms with E-state index in [1.165, 1.54) is 47.8 Å². The van der Waals surface area contributed by atoms with Crippen molar-refractivity contribution in [2.24, 2.45) is 0 Å². The predicted octanol–water partition coefficient (Wildman–Crippen LogP) is 12.4. The molecule has 0 saturated heterocycles. The highest BCUT2D eigenvalue weighted by molar-refractivity contribution is 7.94. The molecule has 0 radical (unpaired) electrons. The molecule has 0 fully saturated rings. The van der Waals surface area contributed by atoms with E-state index in [1.54, 1.807) is 53.2 Å². The van der Waals surface area contributed by atoms with Gasteiger partial charge in [-0.2, -0.15) is 0 Å². The number of benzene rings is 3. The maximum absolute atomic E-state index is 12.8. The molecule has 3 heterocycles. The molecule has 0 unspecified atom stereocenters. The van der Waals surface area contributed by atoms with E-state index in [1.807, 2.05) is 18.2 Å². The molecule has 0 bridgehead atoms. The zero-order valence-corrected chi connectivity index (χ0v) is 34.1. The monoisotopic (exact) mass is 897 g/mol. The Kier molecular flexibility index (Phi) is 13.0. The Labute approximate surface area is 336 Å². The van der Waals surface area contributed by atoms with E-state index in [4.69, 9.17) is 69.6 Å². The molecule has 6 aromatic rings. The highest BCUT2D eigenvalue weighted by atomic mass is 35.5. The lowest BCUT2D eigenvalue weighted by atomic mass is 10.1. The van der Waals surface area contributed by atoms with E-state index in [0.29, 0.717) is 27.0 Å². The Morgan fingerprint density at radius 1 is 0.627 bits per heavy atom. The summed E-state index contributed by atoms with van der Waals surface area (Å²) in [5.41, 5.74) is 3.08. The van der Waals surface area contributed by atoms with Gasteiger partial charge >= 0.3 is 0 Å². The third-order valence-electron chi connectivity index (χ3n) is 6.56. The molecule has 6 rings (SSSR count). The molecular formula is C32H21Cl6N3O5S5. The Balaban J connectivity index is 0.000000201. The zero-order chi connectivity index (χ0) is 37.1. The molecule has 19 heteroatoms. The SMILES string of the molecule is CC(=O)Nc1ccc(-c2sccc2NS(=O)(=O)c2cc(Cl)c(Cl)cc2Cl)cc1.O=S(=O)(Nc1ccsc1-c1ccccc1Cl)c1cc(Cl)c(Cl)s1. The van der Waals surface area contributed by atoms with Gasteiger partial charge in [-0.3, -0.25) is 14.2 Å². The molecule has 0 saturated carbocycles. The third kappa shape index (κ3) is 9.72. The summed E-state index contributed by atoms with van der Waals surface area (Å²) in [5, 5.41) is 7.24. The maximum atomic E-state index is 12.8. The molecule has 0 atom stereocenters. The molecule has 0 aliphatic carbocycles. The molecule has 0 spiro atoms. The van der Waals surface area contributed by atoms with Gasteiger partial charge in [0.15, 0.2) is 0 Å². The van der Waals surface area contributed by atoms with Gasteiger partial charge in [0, 0.05) is 23.2 Å². The number of thiophene rings is 3. The van der Waals surface area contributed by atoms with E-state index >= 15 is 0 Å². The Morgan fingerprint density at radius 3 is 1.82 bits per heavy atom. The smallest absolute Gasteiger partial charge is 0.271 e. The summed E-state index contributed by atoms with van der Waals surface area (Å²) >= 11 is 39.4. The minimum atomic E-state index is -3.98. The first-order valence-electron chi connectivity index (χ1n) is 14.0. The number of hydrogen-bond donors (Lipinski definition) is 3. The molecular weight excluding hydrogens is 879 g/mol. The summed E-state index contributed by atoms with van der Waals surface area (Å²) < 4.78 is 56.0. The minimum Gasteiger partial charge on any atom is -0.326 e. The fourth-order valence-electron chi connectivity index (χ4n) is 4.33. The predicted molar refractivity (Wildman–Crippen MR) is 216 cm³/mol. The van der Waals surface area contributed by atoms with Gasteiger partial charge in [-0.1, -0.05) is 99.9 Å². The average Bonchev–Trinajstić information content (AvgIpc) is 3.80.